The Kier molecular flexibility index (Phi) is 7.12. The fourth-order valence-electron chi connectivity index (χ4n) is 4.27. The Morgan fingerprint density at radius 1 is 1.07 bits per heavy atom. The van der Waals surface area contributed by atoms with Crippen LogP contribution in [-0.4, -0.2) is 67.1 Å². The van der Waals surface area contributed by atoms with E-state index in [0.29, 0.717) is 32.6 Å². The number of rotatable bonds is 6. The van der Waals surface area contributed by atoms with Crippen LogP contribution in [0.5, 0.6) is 0 Å². The summed E-state index contributed by atoms with van der Waals surface area (Å²) in [7, 11) is -1.74. The van der Waals surface area contributed by atoms with Crippen LogP contribution in [0.15, 0.2) is 30.3 Å². The van der Waals surface area contributed by atoms with E-state index in [1.807, 2.05) is 35.2 Å². The van der Waals surface area contributed by atoms with E-state index >= 15 is 0 Å². The summed E-state index contributed by atoms with van der Waals surface area (Å²) in [5.41, 5.74) is 1.16. The molecule has 1 aliphatic carbocycles. The Hall–Kier alpha value is -1.44. The van der Waals surface area contributed by atoms with Crippen LogP contribution in [0.3, 0.4) is 0 Å². The molecular formula is C21H33N3O3S. The summed E-state index contributed by atoms with van der Waals surface area (Å²) in [5, 5.41) is 0. The van der Waals surface area contributed by atoms with Crippen molar-refractivity contribution in [2.75, 3.05) is 33.2 Å². The summed E-state index contributed by atoms with van der Waals surface area (Å²) in [4.78, 5) is 14.5. The standard InChI is InChI=1S/C21H33N3O3S/c1-18(19-9-5-3-6-10-19)17-21(25)23-13-15-24(16-14-23)28(26,27)22(2)20-11-7-4-8-12-20/h3,5-6,9-10,18,20H,4,7-8,11-17H2,1-2H3. The van der Waals surface area contributed by atoms with Gasteiger partial charge in [-0.15, -0.1) is 0 Å². The molecule has 1 aliphatic heterocycles. The van der Waals surface area contributed by atoms with Crippen LogP contribution in [0.2, 0.25) is 0 Å². The van der Waals surface area contributed by atoms with Crippen molar-refractivity contribution in [1.82, 2.24) is 13.5 Å². The van der Waals surface area contributed by atoms with Gasteiger partial charge in [-0.05, 0) is 24.3 Å². The number of carbonyl (C=O) groups excluding carboxylic acids is 1. The van der Waals surface area contributed by atoms with Crippen molar-refractivity contribution in [3.05, 3.63) is 35.9 Å². The maximum atomic E-state index is 13.0. The Labute approximate surface area is 169 Å². The van der Waals surface area contributed by atoms with Crippen LogP contribution in [0.25, 0.3) is 0 Å². The maximum absolute atomic E-state index is 13.0. The highest BCUT2D eigenvalue weighted by Crippen LogP contribution is 2.25. The number of nitrogens with zero attached hydrogens (tertiary/aromatic N) is 3. The minimum Gasteiger partial charge on any atom is -0.340 e. The lowest BCUT2D eigenvalue weighted by atomic mass is 9.96. The zero-order chi connectivity index (χ0) is 20.1. The number of carbonyl (C=O) groups is 1. The van der Waals surface area contributed by atoms with Crippen molar-refractivity contribution in [1.29, 1.82) is 0 Å². The van der Waals surface area contributed by atoms with Crippen molar-refractivity contribution < 1.29 is 13.2 Å². The molecule has 1 aromatic rings. The second-order valence-corrected chi connectivity index (χ2v) is 10.1. The van der Waals surface area contributed by atoms with Gasteiger partial charge >= 0.3 is 0 Å². The summed E-state index contributed by atoms with van der Waals surface area (Å²) in [6.45, 7) is 3.76. The first-order valence-electron chi connectivity index (χ1n) is 10.5. The smallest absolute Gasteiger partial charge is 0.282 e. The van der Waals surface area contributed by atoms with Crippen molar-refractivity contribution >= 4 is 16.1 Å². The molecule has 0 spiro atoms. The third-order valence-electron chi connectivity index (χ3n) is 6.22. The number of hydrogen-bond acceptors (Lipinski definition) is 3. The summed E-state index contributed by atoms with van der Waals surface area (Å²) in [6.07, 6.45) is 5.77. The minimum atomic E-state index is -3.45. The van der Waals surface area contributed by atoms with Crippen molar-refractivity contribution in [3.63, 3.8) is 0 Å². The molecule has 0 radical (unpaired) electrons. The molecule has 1 unspecified atom stereocenters. The second-order valence-electron chi connectivity index (χ2n) is 8.11. The van der Waals surface area contributed by atoms with Gasteiger partial charge in [-0.3, -0.25) is 4.79 Å². The van der Waals surface area contributed by atoms with Gasteiger partial charge in [-0.2, -0.15) is 17.0 Å². The monoisotopic (exact) mass is 407 g/mol. The molecule has 0 bridgehead atoms. The third kappa shape index (κ3) is 4.93. The molecule has 2 aliphatic rings. The van der Waals surface area contributed by atoms with Crippen LogP contribution >= 0.6 is 0 Å². The zero-order valence-corrected chi connectivity index (χ0v) is 17.9. The van der Waals surface area contributed by atoms with Crippen LogP contribution in [0.4, 0.5) is 0 Å². The molecule has 1 aromatic carbocycles. The van der Waals surface area contributed by atoms with Gasteiger partial charge in [0.15, 0.2) is 0 Å². The molecule has 6 nitrogen and oxygen atoms in total. The van der Waals surface area contributed by atoms with Gasteiger partial charge in [0.1, 0.15) is 0 Å². The average molecular weight is 408 g/mol. The highest BCUT2D eigenvalue weighted by molar-refractivity contribution is 7.86. The average Bonchev–Trinajstić information content (AvgIpc) is 2.74. The van der Waals surface area contributed by atoms with Crippen LogP contribution in [0, 0.1) is 0 Å². The number of benzene rings is 1. The predicted octanol–water partition coefficient (Wildman–Crippen LogP) is 2.83. The van der Waals surface area contributed by atoms with E-state index < -0.39 is 10.2 Å². The lowest BCUT2D eigenvalue weighted by Gasteiger charge is -2.39. The fraction of sp³-hybridized carbons (Fsp3) is 0.667. The van der Waals surface area contributed by atoms with Gasteiger partial charge in [-0.1, -0.05) is 56.5 Å². The van der Waals surface area contributed by atoms with E-state index in [4.69, 9.17) is 0 Å². The molecule has 1 saturated carbocycles. The first-order valence-corrected chi connectivity index (χ1v) is 11.8. The highest BCUT2D eigenvalue weighted by Gasteiger charge is 2.35. The van der Waals surface area contributed by atoms with E-state index in [1.165, 1.54) is 6.42 Å². The van der Waals surface area contributed by atoms with E-state index in [9.17, 15) is 13.2 Å². The normalized spacial score (nSPS) is 21.0. The van der Waals surface area contributed by atoms with Gasteiger partial charge < -0.3 is 4.90 Å². The first-order chi connectivity index (χ1) is 13.4. The van der Waals surface area contributed by atoms with Gasteiger partial charge in [0.05, 0.1) is 0 Å². The molecule has 1 saturated heterocycles. The second kappa shape index (κ2) is 9.37. The number of hydrogen-bond donors (Lipinski definition) is 0. The molecule has 1 heterocycles. The number of amides is 1. The molecule has 7 heteroatoms. The van der Waals surface area contributed by atoms with Gasteiger partial charge in [-0.25, -0.2) is 0 Å². The largest absolute Gasteiger partial charge is 0.340 e. The molecule has 1 atom stereocenters. The molecule has 156 valence electrons. The Morgan fingerprint density at radius 3 is 2.29 bits per heavy atom. The van der Waals surface area contributed by atoms with Gasteiger partial charge in [0.25, 0.3) is 10.2 Å². The first kappa shape index (κ1) is 21.3. The molecule has 3 rings (SSSR count). The molecule has 2 fully saturated rings. The van der Waals surface area contributed by atoms with E-state index in [0.717, 1.165) is 31.2 Å². The quantitative estimate of drug-likeness (QED) is 0.729. The fourth-order valence-corrected chi connectivity index (χ4v) is 5.85. The topological polar surface area (TPSA) is 60.9 Å². The Balaban J connectivity index is 1.52. The summed E-state index contributed by atoms with van der Waals surface area (Å²) >= 11 is 0. The van der Waals surface area contributed by atoms with E-state index in [2.05, 4.69) is 6.92 Å². The molecule has 0 aromatic heterocycles. The van der Waals surface area contributed by atoms with Crippen LogP contribution in [0.1, 0.15) is 56.9 Å². The lowest BCUT2D eigenvalue weighted by Crippen LogP contribution is -2.55. The Bertz CT molecular complexity index is 739. The van der Waals surface area contributed by atoms with Gasteiger partial charge in [0.2, 0.25) is 5.91 Å². The van der Waals surface area contributed by atoms with E-state index in [1.54, 1.807) is 15.7 Å². The molecule has 0 N–H and O–H groups in total. The van der Waals surface area contributed by atoms with Crippen molar-refractivity contribution in [2.24, 2.45) is 0 Å². The number of piperazine rings is 1. The summed E-state index contributed by atoms with van der Waals surface area (Å²) in [6, 6.07) is 10.2. The van der Waals surface area contributed by atoms with Crippen LogP contribution < -0.4 is 0 Å². The zero-order valence-electron chi connectivity index (χ0n) is 17.1. The SMILES string of the molecule is CC(CC(=O)N1CCN(S(=O)(=O)N(C)C2CCCCC2)CC1)c1ccccc1. The molecule has 1 amide bonds. The Morgan fingerprint density at radius 2 is 1.68 bits per heavy atom. The minimum absolute atomic E-state index is 0.106. The molecule has 28 heavy (non-hydrogen) atoms. The maximum Gasteiger partial charge on any atom is 0.282 e. The molecular weight excluding hydrogens is 374 g/mol. The summed E-state index contributed by atoms with van der Waals surface area (Å²) < 4.78 is 29.1. The highest BCUT2D eigenvalue weighted by atomic mass is 32.2. The third-order valence-corrected chi connectivity index (χ3v) is 8.26. The van der Waals surface area contributed by atoms with E-state index in [-0.39, 0.29) is 17.9 Å². The van der Waals surface area contributed by atoms with Crippen LogP contribution in [-0.2, 0) is 15.0 Å². The van der Waals surface area contributed by atoms with Gasteiger partial charge in [0, 0.05) is 45.7 Å². The predicted molar refractivity (Wildman–Crippen MR) is 111 cm³/mol. The summed E-state index contributed by atoms with van der Waals surface area (Å²) in [5.74, 6) is 0.266. The van der Waals surface area contributed by atoms with Crippen molar-refractivity contribution in [2.45, 2.75) is 57.4 Å². The lowest BCUT2D eigenvalue weighted by molar-refractivity contribution is -0.132. The van der Waals surface area contributed by atoms with Crippen molar-refractivity contribution in [3.8, 4) is 0 Å².